The number of hydrogen-bond acceptors (Lipinski definition) is 3. The minimum Gasteiger partial charge on any atom is -0.508 e. The molecule has 1 aromatic carbocycles. The van der Waals surface area contributed by atoms with Gasteiger partial charge in [-0.1, -0.05) is 18.0 Å². The Morgan fingerprint density at radius 3 is 2.93 bits per heavy atom. The average Bonchev–Trinajstić information content (AvgIpc) is 2.16. The Morgan fingerprint density at radius 1 is 1.43 bits per heavy atom. The number of nitrogens with zero attached hydrogens (tertiary/aromatic N) is 1. The van der Waals surface area contributed by atoms with E-state index >= 15 is 0 Å². The number of aromatic hydroxyl groups is 1. The molecule has 1 aromatic rings. The van der Waals surface area contributed by atoms with Crippen LogP contribution in [0.5, 0.6) is 5.75 Å². The van der Waals surface area contributed by atoms with E-state index < -0.39 is 0 Å². The molecule has 1 heterocycles. The van der Waals surface area contributed by atoms with E-state index in [9.17, 15) is 5.11 Å². The van der Waals surface area contributed by atoms with Gasteiger partial charge in [-0.05, 0) is 42.9 Å². The Morgan fingerprint density at radius 2 is 2.21 bits per heavy atom. The van der Waals surface area contributed by atoms with E-state index in [-0.39, 0.29) is 0 Å². The lowest BCUT2D eigenvalue weighted by Gasteiger charge is -2.32. The SMILES string of the molecule is CSN1Cc2ccc(O)cc2C[C@H]1C. The van der Waals surface area contributed by atoms with Gasteiger partial charge in [0, 0.05) is 12.6 Å². The highest BCUT2D eigenvalue weighted by Crippen LogP contribution is 2.29. The van der Waals surface area contributed by atoms with Crippen molar-refractivity contribution in [1.82, 2.24) is 4.31 Å². The highest BCUT2D eigenvalue weighted by molar-refractivity contribution is 7.96. The highest BCUT2D eigenvalue weighted by Gasteiger charge is 2.22. The first kappa shape index (κ1) is 9.87. The number of fused-ring (bicyclic) bond motifs is 1. The molecule has 0 bridgehead atoms. The second-order valence-corrected chi connectivity index (χ2v) is 4.60. The Kier molecular flexibility index (Phi) is 2.70. The minimum atomic E-state index is 0.383. The van der Waals surface area contributed by atoms with E-state index in [0.717, 1.165) is 13.0 Å². The molecule has 14 heavy (non-hydrogen) atoms. The van der Waals surface area contributed by atoms with E-state index in [2.05, 4.69) is 17.5 Å². The molecule has 0 amide bonds. The quantitative estimate of drug-likeness (QED) is 0.718. The molecule has 0 unspecified atom stereocenters. The van der Waals surface area contributed by atoms with Crippen molar-refractivity contribution in [2.24, 2.45) is 0 Å². The maximum absolute atomic E-state index is 9.38. The van der Waals surface area contributed by atoms with Crippen LogP contribution in [0.4, 0.5) is 0 Å². The molecule has 0 radical (unpaired) electrons. The smallest absolute Gasteiger partial charge is 0.115 e. The van der Waals surface area contributed by atoms with Crippen molar-refractivity contribution in [2.75, 3.05) is 6.26 Å². The van der Waals surface area contributed by atoms with E-state index in [1.165, 1.54) is 11.1 Å². The summed E-state index contributed by atoms with van der Waals surface area (Å²) >= 11 is 1.79. The molecule has 0 saturated carbocycles. The number of hydrogen-bond donors (Lipinski definition) is 1. The molecule has 1 N–H and O–H groups in total. The van der Waals surface area contributed by atoms with Crippen molar-refractivity contribution in [2.45, 2.75) is 25.9 Å². The molecule has 0 fully saturated rings. The van der Waals surface area contributed by atoms with Crippen molar-refractivity contribution in [3.8, 4) is 5.75 Å². The third kappa shape index (κ3) is 1.74. The fraction of sp³-hybridized carbons (Fsp3) is 0.455. The molecule has 1 atom stereocenters. The second kappa shape index (κ2) is 3.83. The van der Waals surface area contributed by atoms with Crippen LogP contribution in [0.25, 0.3) is 0 Å². The third-order valence-electron chi connectivity index (χ3n) is 2.76. The normalized spacial score (nSPS) is 22.0. The zero-order chi connectivity index (χ0) is 10.1. The number of benzene rings is 1. The average molecular weight is 209 g/mol. The summed E-state index contributed by atoms with van der Waals surface area (Å²) in [5.74, 6) is 0.383. The number of phenols is 1. The van der Waals surface area contributed by atoms with Gasteiger partial charge in [0.25, 0.3) is 0 Å². The molecule has 2 nitrogen and oxygen atoms in total. The van der Waals surface area contributed by atoms with Gasteiger partial charge in [0.05, 0.1) is 0 Å². The summed E-state index contributed by atoms with van der Waals surface area (Å²) in [4.78, 5) is 0. The third-order valence-corrected chi connectivity index (χ3v) is 3.72. The van der Waals surface area contributed by atoms with Crippen molar-refractivity contribution in [3.05, 3.63) is 29.3 Å². The van der Waals surface area contributed by atoms with Gasteiger partial charge in [0.15, 0.2) is 0 Å². The Labute approximate surface area is 89.1 Å². The summed E-state index contributed by atoms with van der Waals surface area (Å²) in [6.07, 6.45) is 3.15. The molecule has 1 aliphatic heterocycles. The molecular formula is C11H15NOS. The first-order valence-electron chi connectivity index (χ1n) is 4.82. The Balaban J connectivity index is 2.30. The Bertz CT molecular complexity index is 340. The zero-order valence-corrected chi connectivity index (χ0v) is 9.34. The monoisotopic (exact) mass is 209 g/mol. The molecule has 0 aliphatic carbocycles. The van der Waals surface area contributed by atoms with Crippen LogP contribution in [-0.2, 0) is 13.0 Å². The van der Waals surface area contributed by atoms with Gasteiger partial charge in [0.2, 0.25) is 0 Å². The van der Waals surface area contributed by atoms with Crippen molar-refractivity contribution in [3.63, 3.8) is 0 Å². The van der Waals surface area contributed by atoms with Gasteiger partial charge >= 0.3 is 0 Å². The maximum Gasteiger partial charge on any atom is 0.115 e. The van der Waals surface area contributed by atoms with Crippen LogP contribution in [0, 0.1) is 0 Å². The maximum atomic E-state index is 9.38. The fourth-order valence-corrected chi connectivity index (χ4v) is 2.65. The predicted octanol–water partition coefficient (Wildman–Crippen LogP) is 2.42. The summed E-state index contributed by atoms with van der Waals surface area (Å²) < 4.78 is 2.37. The molecular weight excluding hydrogens is 194 g/mol. The van der Waals surface area contributed by atoms with Crippen molar-refractivity contribution in [1.29, 1.82) is 0 Å². The predicted molar refractivity (Wildman–Crippen MR) is 60.3 cm³/mol. The summed E-state index contributed by atoms with van der Waals surface area (Å²) in [6.45, 7) is 3.21. The highest BCUT2D eigenvalue weighted by atomic mass is 32.2. The molecule has 0 aromatic heterocycles. The van der Waals surface area contributed by atoms with Crippen LogP contribution >= 0.6 is 11.9 Å². The van der Waals surface area contributed by atoms with Crippen LogP contribution < -0.4 is 0 Å². The lowest BCUT2D eigenvalue weighted by atomic mass is 9.96. The van der Waals surface area contributed by atoms with Gasteiger partial charge in [0.1, 0.15) is 5.75 Å². The van der Waals surface area contributed by atoms with Gasteiger partial charge in [-0.3, -0.25) is 0 Å². The van der Waals surface area contributed by atoms with Gasteiger partial charge < -0.3 is 5.11 Å². The van der Waals surface area contributed by atoms with Gasteiger partial charge in [-0.2, -0.15) is 0 Å². The van der Waals surface area contributed by atoms with E-state index in [4.69, 9.17) is 0 Å². The van der Waals surface area contributed by atoms with Gasteiger partial charge in [-0.15, -0.1) is 0 Å². The minimum absolute atomic E-state index is 0.383. The van der Waals surface area contributed by atoms with E-state index in [1.54, 1.807) is 18.0 Å². The van der Waals surface area contributed by atoms with Crippen molar-refractivity contribution >= 4 is 11.9 Å². The topological polar surface area (TPSA) is 23.5 Å². The molecule has 0 spiro atoms. The molecule has 1 aliphatic rings. The number of phenolic OH excluding ortho intramolecular Hbond substituents is 1. The van der Waals surface area contributed by atoms with Crippen LogP contribution in [0.1, 0.15) is 18.1 Å². The summed E-state index contributed by atoms with van der Waals surface area (Å²) in [6, 6.07) is 6.25. The zero-order valence-electron chi connectivity index (χ0n) is 8.53. The standard InChI is InChI=1S/C11H15NOS/c1-8-5-10-6-11(13)4-3-9(10)7-12(8)14-2/h3-4,6,8,13H,5,7H2,1-2H3/t8-/m1/s1. The van der Waals surface area contributed by atoms with Crippen LogP contribution in [0.2, 0.25) is 0 Å². The first-order chi connectivity index (χ1) is 6.70. The lowest BCUT2D eigenvalue weighted by molar-refractivity contribution is 0.342. The first-order valence-corrected chi connectivity index (χ1v) is 6.00. The molecule has 3 heteroatoms. The second-order valence-electron chi connectivity index (χ2n) is 3.76. The van der Waals surface area contributed by atoms with E-state index in [0.29, 0.717) is 11.8 Å². The van der Waals surface area contributed by atoms with Crippen LogP contribution in [0.3, 0.4) is 0 Å². The molecule has 76 valence electrons. The number of rotatable bonds is 1. The van der Waals surface area contributed by atoms with Gasteiger partial charge in [-0.25, -0.2) is 4.31 Å². The summed E-state index contributed by atoms with van der Waals surface area (Å²) in [7, 11) is 0. The molecule has 2 rings (SSSR count). The Hall–Kier alpha value is -0.670. The largest absolute Gasteiger partial charge is 0.508 e. The van der Waals surface area contributed by atoms with E-state index in [1.807, 2.05) is 12.1 Å². The summed E-state index contributed by atoms with van der Waals surface area (Å²) in [5, 5.41) is 9.38. The summed E-state index contributed by atoms with van der Waals surface area (Å²) in [5.41, 5.74) is 2.64. The lowest BCUT2D eigenvalue weighted by Crippen LogP contribution is -2.32. The fourth-order valence-electron chi connectivity index (χ4n) is 1.94. The van der Waals surface area contributed by atoms with Crippen LogP contribution in [0.15, 0.2) is 18.2 Å². The molecule has 0 saturated heterocycles. The van der Waals surface area contributed by atoms with Crippen LogP contribution in [-0.4, -0.2) is 21.7 Å². The van der Waals surface area contributed by atoms with Crippen molar-refractivity contribution < 1.29 is 5.11 Å².